The standard InChI is InChI=1S/C32H40N4O3S3/c37-29-5-1-3-25-7-9-27(33-31(25)29)23-35-11-17-40-18-12-36(14-20-42-22-16-39-15-21-41-19-13-35)24-28-10-8-26-4-2-6-30(38)32(26)34-28/h1-10,37-38H,11-24H2. The van der Waals surface area contributed by atoms with Crippen LogP contribution >= 0.6 is 35.3 Å². The van der Waals surface area contributed by atoms with Crippen LogP contribution in [0.1, 0.15) is 11.4 Å². The Labute approximate surface area is 261 Å². The largest absolute Gasteiger partial charge is 0.506 e. The highest BCUT2D eigenvalue weighted by Crippen LogP contribution is 2.24. The van der Waals surface area contributed by atoms with E-state index in [0.29, 0.717) is 11.0 Å². The van der Waals surface area contributed by atoms with Gasteiger partial charge in [-0.2, -0.15) is 35.3 Å². The summed E-state index contributed by atoms with van der Waals surface area (Å²) in [5, 5.41) is 22.5. The van der Waals surface area contributed by atoms with Gasteiger partial charge < -0.3 is 14.9 Å². The summed E-state index contributed by atoms with van der Waals surface area (Å²) in [5.74, 6) is 6.72. The molecule has 4 aromatic rings. The molecule has 7 nitrogen and oxygen atoms in total. The van der Waals surface area contributed by atoms with E-state index in [4.69, 9.17) is 14.7 Å². The van der Waals surface area contributed by atoms with Crippen molar-refractivity contribution in [2.45, 2.75) is 13.1 Å². The molecular weight excluding hydrogens is 585 g/mol. The van der Waals surface area contributed by atoms with Gasteiger partial charge in [-0.3, -0.25) is 9.80 Å². The molecule has 0 atom stereocenters. The third kappa shape index (κ3) is 9.39. The molecule has 2 aromatic heterocycles. The highest BCUT2D eigenvalue weighted by molar-refractivity contribution is 7.99. The average molecular weight is 625 g/mol. The zero-order valence-corrected chi connectivity index (χ0v) is 26.4. The van der Waals surface area contributed by atoms with Gasteiger partial charge in [-0.15, -0.1) is 0 Å². The molecule has 10 heteroatoms. The Morgan fingerprint density at radius 1 is 0.571 bits per heavy atom. The maximum absolute atomic E-state index is 10.3. The van der Waals surface area contributed by atoms with Crippen LogP contribution in [0.2, 0.25) is 0 Å². The molecule has 224 valence electrons. The van der Waals surface area contributed by atoms with Gasteiger partial charge in [0.25, 0.3) is 0 Å². The van der Waals surface area contributed by atoms with Crippen LogP contribution in [0.25, 0.3) is 21.8 Å². The fourth-order valence-electron chi connectivity index (χ4n) is 4.94. The second-order valence-electron chi connectivity index (χ2n) is 10.3. The number of benzene rings is 2. The second-order valence-corrected chi connectivity index (χ2v) is 14.0. The van der Waals surface area contributed by atoms with Crippen molar-refractivity contribution in [2.75, 3.05) is 73.9 Å². The van der Waals surface area contributed by atoms with Crippen LogP contribution in [0, 0.1) is 0 Å². The normalized spacial score (nSPS) is 18.1. The maximum atomic E-state index is 10.3. The van der Waals surface area contributed by atoms with Gasteiger partial charge in [0.2, 0.25) is 0 Å². The molecule has 0 amide bonds. The Bertz CT molecular complexity index is 1320. The first-order valence-corrected chi connectivity index (χ1v) is 18.0. The first-order valence-electron chi connectivity index (χ1n) is 14.6. The fourth-order valence-corrected chi connectivity index (χ4v) is 7.57. The number of thioether (sulfide) groups is 3. The minimum atomic E-state index is 0.235. The third-order valence-electron chi connectivity index (χ3n) is 7.24. The van der Waals surface area contributed by atoms with E-state index in [9.17, 15) is 10.2 Å². The number of pyridine rings is 2. The minimum Gasteiger partial charge on any atom is -0.506 e. The van der Waals surface area contributed by atoms with Gasteiger partial charge in [-0.1, -0.05) is 36.4 Å². The topological polar surface area (TPSA) is 82.0 Å². The molecule has 0 saturated carbocycles. The van der Waals surface area contributed by atoms with Crippen LogP contribution in [0.3, 0.4) is 0 Å². The van der Waals surface area contributed by atoms with E-state index in [2.05, 4.69) is 34.1 Å². The third-order valence-corrected chi connectivity index (χ3v) is 10.0. The molecule has 1 saturated heterocycles. The van der Waals surface area contributed by atoms with Crippen LogP contribution in [-0.4, -0.2) is 104 Å². The van der Waals surface area contributed by atoms with Crippen molar-refractivity contribution in [1.82, 2.24) is 19.8 Å². The van der Waals surface area contributed by atoms with Gasteiger partial charge in [0.05, 0.1) is 24.6 Å². The minimum absolute atomic E-state index is 0.235. The van der Waals surface area contributed by atoms with Gasteiger partial charge >= 0.3 is 0 Å². The SMILES string of the molecule is Oc1cccc2ccc(CN3CCSCCOCCSCCN(Cc4ccc5cccc(O)c5n4)CCSCC3)nc12. The Morgan fingerprint density at radius 2 is 1.00 bits per heavy atom. The Hall–Kier alpha value is -2.21. The highest BCUT2D eigenvalue weighted by atomic mass is 32.2. The zero-order chi connectivity index (χ0) is 29.0. The van der Waals surface area contributed by atoms with Crippen LogP contribution < -0.4 is 0 Å². The summed E-state index contributed by atoms with van der Waals surface area (Å²) in [5.41, 5.74) is 3.32. The predicted molar refractivity (Wildman–Crippen MR) is 180 cm³/mol. The summed E-state index contributed by atoms with van der Waals surface area (Å²) in [4.78, 5) is 14.5. The van der Waals surface area contributed by atoms with Gasteiger partial charge in [0, 0.05) is 84.6 Å². The molecule has 1 fully saturated rings. The van der Waals surface area contributed by atoms with Crippen LogP contribution in [0.4, 0.5) is 0 Å². The number of nitrogens with zero attached hydrogens (tertiary/aromatic N) is 4. The van der Waals surface area contributed by atoms with Gasteiger partial charge in [0.1, 0.15) is 22.5 Å². The number of hydrogen-bond donors (Lipinski definition) is 2. The molecule has 1 aliphatic heterocycles. The molecule has 0 unspecified atom stereocenters. The maximum Gasteiger partial charge on any atom is 0.141 e. The summed E-state index contributed by atoms with van der Waals surface area (Å²) in [6.07, 6.45) is 0. The number of para-hydroxylation sites is 2. The van der Waals surface area contributed by atoms with Gasteiger partial charge in [0.15, 0.2) is 0 Å². The molecule has 0 radical (unpaired) electrons. The number of phenolic OH excluding ortho intramolecular Hbond substituents is 2. The molecular formula is C32H40N4O3S3. The van der Waals surface area contributed by atoms with E-state index < -0.39 is 0 Å². The average Bonchev–Trinajstić information content (AvgIpc) is 2.99. The lowest BCUT2D eigenvalue weighted by molar-refractivity contribution is 0.167. The van der Waals surface area contributed by atoms with Crippen molar-refractivity contribution >= 4 is 57.1 Å². The van der Waals surface area contributed by atoms with E-state index in [1.54, 1.807) is 12.1 Å². The molecule has 5 rings (SSSR count). The van der Waals surface area contributed by atoms with Crippen LogP contribution in [0.5, 0.6) is 11.5 Å². The predicted octanol–water partition coefficient (Wildman–Crippen LogP) is 5.73. The van der Waals surface area contributed by atoms with E-state index in [1.807, 2.05) is 59.6 Å². The molecule has 0 aliphatic carbocycles. The summed E-state index contributed by atoms with van der Waals surface area (Å²) in [6, 6.07) is 19.4. The number of hydrogen-bond acceptors (Lipinski definition) is 10. The number of fused-ring (bicyclic) bond motifs is 2. The van der Waals surface area contributed by atoms with Crippen molar-refractivity contribution in [3.8, 4) is 11.5 Å². The van der Waals surface area contributed by atoms with E-state index >= 15 is 0 Å². The number of rotatable bonds is 4. The molecule has 0 bridgehead atoms. The number of ether oxygens (including phenoxy) is 1. The Morgan fingerprint density at radius 3 is 1.45 bits per heavy atom. The zero-order valence-electron chi connectivity index (χ0n) is 24.0. The molecule has 2 aromatic carbocycles. The van der Waals surface area contributed by atoms with Crippen molar-refractivity contribution in [3.05, 3.63) is 72.1 Å². The summed E-state index contributed by atoms with van der Waals surface area (Å²) in [7, 11) is 0. The Kier molecular flexibility index (Phi) is 12.3. The lowest BCUT2D eigenvalue weighted by Crippen LogP contribution is -2.30. The molecule has 0 spiro atoms. The van der Waals surface area contributed by atoms with E-state index in [1.165, 1.54) is 0 Å². The number of aromatic nitrogens is 2. The monoisotopic (exact) mass is 624 g/mol. The summed E-state index contributed by atoms with van der Waals surface area (Å²) in [6.45, 7) is 7.09. The smallest absolute Gasteiger partial charge is 0.141 e. The van der Waals surface area contributed by atoms with Gasteiger partial charge in [-0.05, 0) is 24.3 Å². The van der Waals surface area contributed by atoms with Gasteiger partial charge in [-0.25, -0.2) is 9.97 Å². The first-order chi connectivity index (χ1) is 20.7. The Balaban J connectivity index is 1.20. The number of phenols is 2. The van der Waals surface area contributed by atoms with Crippen molar-refractivity contribution in [3.63, 3.8) is 0 Å². The quantitative estimate of drug-likeness (QED) is 0.294. The van der Waals surface area contributed by atoms with Crippen molar-refractivity contribution in [1.29, 1.82) is 0 Å². The summed E-state index contributed by atoms with van der Waals surface area (Å²) < 4.78 is 5.89. The fraction of sp³-hybridized carbons (Fsp3) is 0.438. The first kappa shape index (κ1) is 31.2. The molecule has 3 heterocycles. The number of aromatic hydroxyl groups is 2. The molecule has 1 aliphatic rings. The van der Waals surface area contributed by atoms with Crippen LogP contribution in [-0.2, 0) is 17.8 Å². The lowest BCUT2D eigenvalue weighted by Gasteiger charge is -2.24. The van der Waals surface area contributed by atoms with Crippen LogP contribution in [0.15, 0.2) is 60.7 Å². The van der Waals surface area contributed by atoms with E-state index in [0.717, 1.165) is 109 Å². The molecule has 42 heavy (non-hydrogen) atoms. The second kappa shape index (κ2) is 16.6. The lowest BCUT2D eigenvalue weighted by atomic mass is 10.2. The van der Waals surface area contributed by atoms with Crippen molar-refractivity contribution in [2.24, 2.45) is 0 Å². The van der Waals surface area contributed by atoms with E-state index in [-0.39, 0.29) is 11.5 Å². The summed E-state index contributed by atoms with van der Waals surface area (Å²) >= 11 is 5.90. The van der Waals surface area contributed by atoms with Crippen molar-refractivity contribution < 1.29 is 14.9 Å². The highest BCUT2D eigenvalue weighted by Gasteiger charge is 2.12. The molecule has 2 N–H and O–H groups in total.